The Bertz CT molecular complexity index is 823. The average molecular weight is 409 g/mol. The van der Waals surface area contributed by atoms with E-state index in [-0.39, 0.29) is 5.56 Å². The number of benzene rings is 2. The van der Waals surface area contributed by atoms with Gasteiger partial charge in [0.1, 0.15) is 0 Å². The van der Waals surface area contributed by atoms with Gasteiger partial charge in [0.25, 0.3) is 11.8 Å². The fraction of sp³-hybridized carbons (Fsp3) is 0.300. The molecule has 0 heterocycles. The number of amides is 2. The summed E-state index contributed by atoms with van der Waals surface area (Å²) in [5.74, 6) is -0.871. The number of aliphatic hydroxyl groups is 1. The number of hydrogen-bond acceptors (Lipinski definition) is 3. The summed E-state index contributed by atoms with van der Waals surface area (Å²) in [5, 5.41) is 11.5. The predicted molar refractivity (Wildman–Crippen MR) is 107 cm³/mol. The Morgan fingerprint density at radius 2 is 1.52 bits per heavy atom. The van der Waals surface area contributed by atoms with Gasteiger partial charge in [-0.1, -0.05) is 35.3 Å². The fourth-order valence-corrected chi connectivity index (χ4v) is 2.93. The molecule has 144 valence electrons. The number of hydrazine groups is 1. The Labute approximate surface area is 168 Å². The first-order valence-electron chi connectivity index (χ1n) is 8.38. The predicted octanol–water partition coefficient (Wildman–Crippen LogP) is 4.63. The summed E-state index contributed by atoms with van der Waals surface area (Å²) in [6.45, 7) is 7.04. The first-order valence-corrected chi connectivity index (χ1v) is 9.14. The molecule has 2 aromatic carbocycles. The highest BCUT2D eigenvalue weighted by molar-refractivity contribution is 6.35. The summed E-state index contributed by atoms with van der Waals surface area (Å²) in [4.78, 5) is 25.6. The number of nitrogens with zero attached hydrogens (tertiary/aromatic N) is 1. The van der Waals surface area contributed by atoms with E-state index >= 15 is 0 Å². The number of hydrogen-bond donors (Lipinski definition) is 2. The van der Waals surface area contributed by atoms with Crippen molar-refractivity contribution in [2.45, 2.75) is 39.3 Å². The third-order valence-electron chi connectivity index (χ3n) is 3.85. The van der Waals surface area contributed by atoms with Crippen molar-refractivity contribution in [1.82, 2.24) is 10.4 Å². The van der Waals surface area contributed by atoms with E-state index in [4.69, 9.17) is 23.2 Å². The SMILES string of the molecule is CC(O)c1ccc(C(=O)NN(C(=O)c2cc(Cl)cc(Cl)c2)C(C)(C)C)cc1. The second-order valence-electron chi connectivity index (χ2n) is 7.21. The van der Waals surface area contributed by atoms with Gasteiger partial charge in [-0.15, -0.1) is 0 Å². The van der Waals surface area contributed by atoms with E-state index in [1.54, 1.807) is 52.0 Å². The average Bonchev–Trinajstić information content (AvgIpc) is 2.57. The molecule has 1 unspecified atom stereocenters. The number of carbonyl (C=O) groups is 2. The van der Waals surface area contributed by atoms with Crippen LogP contribution in [0.15, 0.2) is 42.5 Å². The van der Waals surface area contributed by atoms with E-state index in [1.807, 2.05) is 0 Å². The number of aliphatic hydroxyl groups excluding tert-OH is 1. The summed E-state index contributed by atoms with van der Waals surface area (Å²) >= 11 is 12.0. The number of carbonyl (C=O) groups excluding carboxylic acids is 2. The molecule has 5 nitrogen and oxygen atoms in total. The van der Waals surface area contributed by atoms with Crippen molar-refractivity contribution in [3.8, 4) is 0 Å². The number of nitrogens with one attached hydrogen (secondary N) is 1. The van der Waals surface area contributed by atoms with E-state index in [2.05, 4.69) is 5.43 Å². The van der Waals surface area contributed by atoms with Crippen LogP contribution in [-0.4, -0.2) is 27.5 Å². The van der Waals surface area contributed by atoms with Gasteiger partial charge in [0, 0.05) is 21.2 Å². The highest BCUT2D eigenvalue weighted by Gasteiger charge is 2.30. The second kappa shape index (κ2) is 8.30. The molecule has 2 N–H and O–H groups in total. The van der Waals surface area contributed by atoms with Gasteiger partial charge >= 0.3 is 0 Å². The van der Waals surface area contributed by atoms with Crippen LogP contribution in [0.2, 0.25) is 10.0 Å². The Morgan fingerprint density at radius 1 is 1.00 bits per heavy atom. The third kappa shape index (κ3) is 5.45. The summed E-state index contributed by atoms with van der Waals surface area (Å²) in [5.41, 5.74) is 3.30. The van der Waals surface area contributed by atoms with Gasteiger partial charge < -0.3 is 5.11 Å². The molecule has 0 radical (unpaired) electrons. The maximum atomic E-state index is 13.0. The second-order valence-corrected chi connectivity index (χ2v) is 8.08. The molecule has 0 saturated heterocycles. The molecule has 0 fully saturated rings. The first-order chi connectivity index (χ1) is 12.5. The zero-order valence-corrected chi connectivity index (χ0v) is 17.1. The van der Waals surface area contributed by atoms with Crippen LogP contribution in [0.25, 0.3) is 0 Å². The summed E-state index contributed by atoms with van der Waals surface area (Å²) < 4.78 is 0. The van der Waals surface area contributed by atoms with Crippen molar-refractivity contribution in [3.05, 3.63) is 69.2 Å². The molecule has 2 rings (SSSR count). The molecular weight excluding hydrogens is 387 g/mol. The zero-order chi connectivity index (χ0) is 20.4. The van der Waals surface area contributed by atoms with Crippen molar-refractivity contribution >= 4 is 35.0 Å². The lowest BCUT2D eigenvalue weighted by atomic mass is 10.1. The van der Waals surface area contributed by atoms with E-state index in [9.17, 15) is 14.7 Å². The lowest BCUT2D eigenvalue weighted by Gasteiger charge is -2.35. The van der Waals surface area contributed by atoms with Crippen LogP contribution in [-0.2, 0) is 0 Å². The number of rotatable bonds is 3. The molecule has 0 bridgehead atoms. The molecule has 0 aliphatic rings. The Hall–Kier alpha value is -2.08. The monoisotopic (exact) mass is 408 g/mol. The van der Waals surface area contributed by atoms with Crippen molar-refractivity contribution in [3.63, 3.8) is 0 Å². The topological polar surface area (TPSA) is 69.6 Å². The standard InChI is InChI=1S/C20H22Cl2N2O3/c1-12(25)13-5-7-14(8-6-13)18(26)23-24(20(2,3)4)19(27)15-9-16(21)11-17(22)10-15/h5-12,25H,1-4H3,(H,23,26). The molecule has 2 amide bonds. The Kier molecular flexibility index (Phi) is 6.52. The van der Waals surface area contributed by atoms with Crippen LogP contribution in [0.3, 0.4) is 0 Å². The molecule has 1 atom stereocenters. The maximum Gasteiger partial charge on any atom is 0.272 e. The van der Waals surface area contributed by atoms with E-state index in [0.717, 1.165) is 0 Å². The molecule has 7 heteroatoms. The van der Waals surface area contributed by atoms with Crippen LogP contribution in [0.5, 0.6) is 0 Å². The van der Waals surface area contributed by atoms with Crippen molar-refractivity contribution in [2.24, 2.45) is 0 Å². The van der Waals surface area contributed by atoms with Gasteiger partial charge in [-0.05, 0) is 63.6 Å². The minimum Gasteiger partial charge on any atom is -0.389 e. The Morgan fingerprint density at radius 3 is 1.96 bits per heavy atom. The van der Waals surface area contributed by atoms with Crippen molar-refractivity contribution < 1.29 is 14.7 Å². The number of halogens is 2. The summed E-state index contributed by atoms with van der Waals surface area (Å²) in [6.07, 6.45) is -0.623. The van der Waals surface area contributed by atoms with Crippen LogP contribution in [0.4, 0.5) is 0 Å². The minimum absolute atomic E-state index is 0.271. The molecule has 27 heavy (non-hydrogen) atoms. The van der Waals surface area contributed by atoms with Crippen LogP contribution >= 0.6 is 23.2 Å². The highest BCUT2D eigenvalue weighted by Crippen LogP contribution is 2.22. The van der Waals surface area contributed by atoms with Crippen LogP contribution in [0, 0.1) is 0 Å². The lowest BCUT2D eigenvalue weighted by molar-refractivity contribution is 0.0358. The van der Waals surface area contributed by atoms with Gasteiger partial charge in [0.15, 0.2) is 0 Å². The smallest absolute Gasteiger partial charge is 0.272 e. The van der Waals surface area contributed by atoms with Crippen molar-refractivity contribution in [2.75, 3.05) is 0 Å². The normalized spacial score (nSPS) is 12.4. The molecule has 0 aliphatic heterocycles. The highest BCUT2D eigenvalue weighted by atomic mass is 35.5. The Balaban J connectivity index is 2.28. The van der Waals surface area contributed by atoms with Gasteiger partial charge in [-0.25, -0.2) is 5.01 Å². The first kappa shape index (κ1) is 21.2. The molecule has 0 aliphatic carbocycles. The van der Waals surface area contributed by atoms with Gasteiger partial charge in [0.05, 0.1) is 11.6 Å². The minimum atomic E-state index is -0.693. The van der Waals surface area contributed by atoms with Gasteiger partial charge in [-0.2, -0.15) is 0 Å². The van der Waals surface area contributed by atoms with E-state index in [0.29, 0.717) is 21.2 Å². The fourth-order valence-electron chi connectivity index (χ4n) is 2.41. The summed E-state index contributed by atoms with van der Waals surface area (Å²) in [6, 6.07) is 11.1. The van der Waals surface area contributed by atoms with Gasteiger partial charge in [-0.3, -0.25) is 15.0 Å². The maximum absolute atomic E-state index is 13.0. The zero-order valence-electron chi connectivity index (χ0n) is 15.6. The van der Waals surface area contributed by atoms with Crippen LogP contribution < -0.4 is 5.43 Å². The van der Waals surface area contributed by atoms with E-state index < -0.39 is 23.5 Å². The van der Waals surface area contributed by atoms with Gasteiger partial charge in [0.2, 0.25) is 0 Å². The molecule has 2 aromatic rings. The summed E-state index contributed by atoms with van der Waals surface area (Å²) in [7, 11) is 0. The largest absolute Gasteiger partial charge is 0.389 e. The molecule has 0 aromatic heterocycles. The third-order valence-corrected chi connectivity index (χ3v) is 4.29. The van der Waals surface area contributed by atoms with E-state index in [1.165, 1.54) is 23.2 Å². The van der Waals surface area contributed by atoms with Crippen molar-refractivity contribution in [1.29, 1.82) is 0 Å². The molecule has 0 saturated carbocycles. The van der Waals surface area contributed by atoms with Crippen LogP contribution in [0.1, 0.15) is 60.1 Å². The lowest BCUT2D eigenvalue weighted by Crippen LogP contribution is -2.55. The molecular formula is C20H22Cl2N2O3. The quantitative estimate of drug-likeness (QED) is 0.727. The molecule has 0 spiro atoms.